The summed E-state index contributed by atoms with van der Waals surface area (Å²) < 4.78 is 9.13. The number of nitrogens with zero attached hydrogens (tertiary/aromatic N) is 3. The summed E-state index contributed by atoms with van der Waals surface area (Å²) in [5, 5.41) is 1.39. The van der Waals surface area contributed by atoms with Crippen LogP contribution in [0.1, 0.15) is 24.1 Å². The van der Waals surface area contributed by atoms with Gasteiger partial charge in [0, 0.05) is 17.6 Å². The topological polar surface area (TPSA) is 49.0 Å². The Bertz CT molecular complexity index is 978. The smallest absolute Gasteiger partial charge is 0.333 e. The molecule has 2 aromatic heterocycles. The van der Waals surface area contributed by atoms with Crippen molar-refractivity contribution in [2.24, 2.45) is 0 Å². The van der Waals surface area contributed by atoms with Gasteiger partial charge in [-0.3, -0.25) is 9.13 Å². The first-order valence-corrected chi connectivity index (χ1v) is 9.33. The van der Waals surface area contributed by atoms with Crippen LogP contribution in [-0.2, 0) is 19.6 Å². The molecule has 1 aliphatic heterocycles. The molecule has 3 heterocycles. The second-order valence-electron chi connectivity index (χ2n) is 6.27. The van der Waals surface area contributed by atoms with E-state index in [0.29, 0.717) is 28.2 Å². The number of ether oxygens (including phenoxy) is 1. The lowest BCUT2D eigenvalue weighted by atomic mass is 10.1. The van der Waals surface area contributed by atoms with Gasteiger partial charge in [0.05, 0.1) is 17.6 Å². The standard InChI is InChI=1S/C19H18ClN3O2S/c20-14-6-4-13(5-7-14)12-25-17-9-8-15(11-21-17)23-18(26)16-3-1-2-10-22(16)19(23)24/h4-9,11,26H,1-3,10,12H2. The first-order chi connectivity index (χ1) is 12.6. The molecule has 0 unspecified atom stereocenters. The van der Waals surface area contributed by atoms with E-state index in [4.69, 9.17) is 16.3 Å². The quantitative estimate of drug-likeness (QED) is 0.691. The van der Waals surface area contributed by atoms with Crippen LogP contribution in [0.25, 0.3) is 5.69 Å². The van der Waals surface area contributed by atoms with E-state index in [9.17, 15) is 4.79 Å². The number of hydrogen-bond acceptors (Lipinski definition) is 4. The molecule has 0 saturated carbocycles. The molecular weight excluding hydrogens is 370 g/mol. The van der Waals surface area contributed by atoms with Crippen molar-refractivity contribution in [3.63, 3.8) is 0 Å². The van der Waals surface area contributed by atoms with Gasteiger partial charge in [0.2, 0.25) is 5.88 Å². The molecule has 134 valence electrons. The van der Waals surface area contributed by atoms with Gasteiger partial charge >= 0.3 is 5.69 Å². The van der Waals surface area contributed by atoms with E-state index >= 15 is 0 Å². The molecule has 4 rings (SSSR count). The summed E-state index contributed by atoms with van der Waals surface area (Å²) in [6, 6.07) is 11.1. The molecule has 5 nitrogen and oxygen atoms in total. The highest BCUT2D eigenvalue weighted by Gasteiger charge is 2.21. The highest BCUT2D eigenvalue weighted by molar-refractivity contribution is 7.80. The Morgan fingerprint density at radius 2 is 1.96 bits per heavy atom. The first-order valence-electron chi connectivity index (χ1n) is 8.50. The fourth-order valence-corrected chi connectivity index (χ4v) is 3.74. The number of benzene rings is 1. The number of imidazole rings is 1. The molecule has 26 heavy (non-hydrogen) atoms. The average Bonchev–Trinajstić information content (AvgIpc) is 2.93. The number of fused-ring (bicyclic) bond motifs is 1. The number of pyridine rings is 1. The average molecular weight is 388 g/mol. The molecule has 1 aliphatic rings. The third kappa shape index (κ3) is 3.27. The summed E-state index contributed by atoms with van der Waals surface area (Å²) in [6.45, 7) is 1.16. The minimum absolute atomic E-state index is 0.0543. The van der Waals surface area contributed by atoms with Gasteiger partial charge < -0.3 is 4.74 Å². The molecule has 0 aliphatic carbocycles. The second-order valence-corrected chi connectivity index (χ2v) is 7.13. The van der Waals surface area contributed by atoms with Crippen molar-refractivity contribution in [2.45, 2.75) is 37.4 Å². The molecule has 3 aromatic rings. The maximum Gasteiger partial charge on any atom is 0.333 e. The van der Waals surface area contributed by atoms with E-state index < -0.39 is 0 Å². The molecule has 0 N–H and O–H groups in total. The van der Waals surface area contributed by atoms with E-state index in [1.807, 2.05) is 34.9 Å². The van der Waals surface area contributed by atoms with Crippen LogP contribution in [0.3, 0.4) is 0 Å². The number of aromatic nitrogens is 3. The minimum Gasteiger partial charge on any atom is -0.473 e. The van der Waals surface area contributed by atoms with Crippen molar-refractivity contribution < 1.29 is 4.74 Å². The second kappa shape index (κ2) is 7.21. The molecule has 0 fully saturated rings. The fraction of sp³-hybridized carbons (Fsp3) is 0.263. The van der Waals surface area contributed by atoms with Crippen LogP contribution in [0.2, 0.25) is 5.02 Å². The van der Waals surface area contributed by atoms with Crippen molar-refractivity contribution in [3.05, 3.63) is 69.4 Å². The van der Waals surface area contributed by atoms with Gasteiger partial charge in [-0.2, -0.15) is 0 Å². The van der Waals surface area contributed by atoms with Gasteiger partial charge in [-0.25, -0.2) is 9.78 Å². The van der Waals surface area contributed by atoms with Gasteiger partial charge in [0.15, 0.2) is 0 Å². The molecule has 0 saturated heterocycles. The minimum atomic E-state index is -0.0543. The van der Waals surface area contributed by atoms with Gasteiger partial charge in [-0.1, -0.05) is 23.7 Å². The summed E-state index contributed by atoms with van der Waals surface area (Å²) in [5.74, 6) is 0.501. The number of rotatable bonds is 4. The van der Waals surface area contributed by atoms with E-state index in [-0.39, 0.29) is 5.69 Å². The van der Waals surface area contributed by atoms with E-state index in [1.54, 1.807) is 16.8 Å². The Labute approximate surface area is 161 Å². The first kappa shape index (κ1) is 17.2. The highest BCUT2D eigenvalue weighted by atomic mass is 35.5. The van der Waals surface area contributed by atoms with Crippen molar-refractivity contribution in [3.8, 4) is 11.6 Å². The van der Waals surface area contributed by atoms with Crippen LogP contribution in [0.15, 0.2) is 52.4 Å². The predicted molar refractivity (Wildman–Crippen MR) is 104 cm³/mol. The lowest BCUT2D eigenvalue weighted by Gasteiger charge is -2.12. The van der Waals surface area contributed by atoms with Crippen LogP contribution < -0.4 is 10.4 Å². The van der Waals surface area contributed by atoms with Crippen LogP contribution >= 0.6 is 24.2 Å². The Kier molecular flexibility index (Phi) is 4.78. The zero-order valence-electron chi connectivity index (χ0n) is 14.1. The molecule has 0 bridgehead atoms. The summed E-state index contributed by atoms with van der Waals surface area (Å²) in [5.41, 5.74) is 2.66. The van der Waals surface area contributed by atoms with Gasteiger partial charge in [-0.05, 0) is 43.0 Å². The van der Waals surface area contributed by atoms with Crippen LogP contribution in [0.5, 0.6) is 5.88 Å². The molecule has 0 spiro atoms. The fourth-order valence-electron chi connectivity index (χ4n) is 3.18. The van der Waals surface area contributed by atoms with E-state index in [2.05, 4.69) is 17.6 Å². The van der Waals surface area contributed by atoms with Crippen molar-refractivity contribution in [1.82, 2.24) is 14.1 Å². The van der Waals surface area contributed by atoms with Crippen LogP contribution in [0.4, 0.5) is 0 Å². The lowest BCUT2D eigenvalue weighted by molar-refractivity contribution is 0.294. The maximum absolute atomic E-state index is 12.7. The Balaban J connectivity index is 1.54. The molecular formula is C19H18ClN3O2S. The monoisotopic (exact) mass is 387 g/mol. The third-order valence-electron chi connectivity index (χ3n) is 4.54. The van der Waals surface area contributed by atoms with E-state index in [1.165, 1.54) is 0 Å². The van der Waals surface area contributed by atoms with Gasteiger partial charge in [-0.15, -0.1) is 12.6 Å². The third-order valence-corrected chi connectivity index (χ3v) is 5.25. The predicted octanol–water partition coefficient (Wildman–Crippen LogP) is 3.89. The van der Waals surface area contributed by atoms with Crippen molar-refractivity contribution >= 4 is 24.2 Å². The number of thiol groups is 1. The normalized spacial score (nSPS) is 13.5. The van der Waals surface area contributed by atoms with Gasteiger partial charge in [0.25, 0.3) is 0 Å². The lowest BCUT2D eigenvalue weighted by Crippen LogP contribution is -2.26. The zero-order chi connectivity index (χ0) is 18.1. The summed E-state index contributed by atoms with van der Waals surface area (Å²) in [6.07, 6.45) is 4.65. The SMILES string of the molecule is O=c1n2c(c(S)n1-c1ccc(OCc3ccc(Cl)cc3)nc1)CCCC2. The Hall–Kier alpha value is -2.18. The molecule has 0 amide bonds. The maximum atomic E-state index is 12.7. The van der Waals surface area contributed by atoms with Crippen LogP contribution in [-0.4, -0.2) is 14.1 Å². The Morgan fingerprint density at radius 3 is 2.65 bits per heavy atom. The molecule has 1 aromatic carbocycles. The van der Waals surface area contributed by atoms with E-state index in [0.717, 1.165) is 37.1 Å². The van der Waals surface area contributed by atoms with Crippen LogP contribution in [0, 0.1) is 0 Å². The zero-order valence-corrected chi connectivity index (χ0v) is 15.7. The molecule has 0 radical (unpaired) electrons. The highest BCUT2D eigenvalue weighted by Crippen LogP contribution is 2.23. The van der Waals surface area contributed by atoms with Crippen molar-refractivity contribution in [2.75, 3.05) is 0 Å². The number of halogens is 1. The largest absolute Gasteiger partial charge is 0.473 e. The summed E-state index contributed by atoms with van der Waals surface area (Å²) >= 11 is 10.5. The van der Waals surface area contributed by atoms with Crippen molar-refractivity contribution in [1.29, 1.82) is 0 Å². The number of hydrogen-bond donors (Lipinski definition) is 1. The summed E-state index contributed by atoms with van der Waals surface area (Å²) in [7, 11) is 0. The Morgan fingerprint density at radius 1 is 1.15 bits per heavy atom. The molecule has 0 atom stereocenters. The molecule has 7 heteroatoms. The summed E-state index contributed by atoms with van der Waals surface area (Å²) in [4.78, 5) is 17.0. The van der Waals surface area contributed by atoms with Gasteiger partial charge in [0.1, 0.15) is 11.6 Å².